The molecule has 0 saturated heterocycles. The fourth-order valence-corrected chi connectivity index (χ4v) is 0.927. The van der Waals surface area contributed by atoms with Crippen molar-refractivity contribution in [3.63, 3.8) is 0 Å². The van der Waals surface area contributed by atoms with E-state index in [0.29, 0.717) is 10.2 Å². The molecule has 0 amide bonds. The van der Waals surface area contributed by atoms with Crippen LogP contribution in [-0.2, 0) is 0 Å². The highest BCUT2D eigenvalue weighted by molar-refractivity contribution is 5.41. The molecule has 0 aliphatic carbocycles. The standard InChI is InChI=1S/C9H12F2N/c1-12(2,3)9-5-7(10)4-8(11)6-9/h4-6H,1-3H3/q+1. The van der Waals surface area contributed by atoms with E-state index in [1.165, 1.54) is 12.1 Å². The quantitative estimate of drug-likeness (QED) is 0.569. The molecule has 0 spiro atoms. The van der Waals surface area contributed by atoms with E-state index in [4.69, 9.17) is 0 Å². The molecular weight excluding hydrogens is 160 g/mol. The van der Waals surface area contributed by atoms with Crippen molar-refractivity contribution in [2.24, 2.45) is 0 Å². The second-order valence-corrected chi connectivity index (χ2v) is 3.64. The van der Waals surface area contributed by atoms with Gasteiger partial charge in [-0.05, 0) is 0 Å². The summed E-state index contributed by atoms with van der Waals surface area (Å²) in [5.74, 6) is -1.06. The normalized spacial score (nSPS) is 11.8. The largest absolute Gasteiger partial charge is 0.298 e. The van der Waals surface area contributed by atoms with E-state index in [9.17, 15) is 8.78 Å². The van der Waals surface area contributed by atoms with Gasteiger partial charge in [-0.15, -0.1) is 0 Å². The maximum Gasteiger partial charge on any atom is 0.138 e. The minimum atomic E-state index is -0.530. The maximum absolute atomic E-state index is 12.7. The topological polar surface area (TPSA) is 0 Å². The van der Waals surface area contributed by atoms with Crippen LogP contribution in [0.25, 0.3) is 0 Å². The Bertz CT molecular complexity index is 269. The van der Waals surface area contributed by atoms with Gasteiger partial charge in [0.15, 0.2) is 0 Å². The lowest BCUT2D eigenvalue weighted by atomic mass is 10.2. The summed E-state index contributed by atoms with van der Waals surface area (Å²) in [6.07, 6.45) is 0. The number of hydrogen-bond donors (Lipinski definition) is 0. The van der Waals surface area contributed by atoms with Gasteiger partial charge in [0.25, 0.3) is 0 Å². The molecule has 1 rings (SSSR count). The molecule has 0 unspecified atom stereocenters. The summed E-state index contributed by atoms with van der Waals surface area (Å²) in [7, 11) is 5.57. The lowest BCUT2D eigenvalue weighted by Gasteiger charge is -2.23. The molecule has 0 atom stereocenters. The first kappa shape index (κ1) is 9.13. The second-order valence-electron chi connectivity index (χ2n) is 3.64. The summed E-state index contributed by atoms with van der Waals surface area (Å²) in [4.78, 5) is 0. The van der Waals surface area contributed by atoms with Crippen molar-refractivity contribution in [2.45, 2.75) is 0 Å². The Morgan fingerprint density at radius 1 is 0.917 bits per heavy atom. The lowest BCUT2D eigenvalue weighted by molar-refractivity contribution is 0.476. The van der Waals surface area contributed by atoms with Crippen LogP contribution in [0, 0.1) is 11.6 Å². The Morgan fingerprint density at radius 2 is 1.33 bits per heavy atom. The molecular formula is C9H12F2N+. The molecule has 1 aromatic rings. The first-order chi connectivity index (χ1) is 5.39. The molecule has 1 aromatic carbocycles. The van der Waals surface area contributed by atoms with Gasteiger partial charge in [0.1, 0.15) is 17.3 Å². The van der Waals surface area contributed by atoms with Crippen molar-refractivity contribution in [3.8, 4) is 0 Å². The van der Waals surface area contributed by atoms with Crippen molar-refractivity contribution in [3.05, 3.63) is 29.8 Å². The summed E-state index contributed by atoms with van der Waals surface area (Å²) < 4.78 is 25.8. The Hall–Kier alpha value is -0.960. The zero-order chi connectivity index (χ0) is 9.35. The van der Waals surface area contributed by atoms with E-state index in [2.05, 4.69) is 0 Å². The van der Waals surface area contributed by atoms with Crippen LogP contribution < -0.4 is 4.48 Å². The predicted molar refractivity (Wildman–Crippen MR) is 45.9 cm³/mol. The molecule has 0 N–H and O–H groups in total. The predicted octanol–water partition coefficient (Wildman–Crippen LogP) is 2.16. The third kappa shape index (κ3) is 2.01. The van der Waals surface area contributed by atoms with Gasteiger partial charge < -0.3 is 0 Å². The lowest BCUT2D eigenvalue weighted by Crippen LogP contribution is -2.34. The van der Waals surface area contributed by atoms with Crippen molar-refractivity contribution < 1.29 is 8.78 Å². The van der Waals surface area contributed by atoms with Crippen molar-refractivity contribution >= 4 is 5.69 Å². The molecule has 66 valence electrons. The Morgan fingerprint density at radius 3 is 1.67 bits per heavy atom. The van der Waals surface area contributed by atoms with Crippen molar-refractivity contribution in [2.75, 3.05) is 21.1 Å². The van der Waals surface area contributed by atoms with E-state index in [-0.39, 0.29) is 0 Å². The molecule has 0 fully saturated rings. The van der Waals surface area contributed by atoms with Gasteiger partial charge >= 0.3 is 0 Å². The number of nitrogens with zero attached hydrogens (tertiary/aromatic N) is 1. The highest BCUT2D eigenvalue weighted by Gasteiger charge is 2.14. The molecule has 0 aliphatic heterocycles. The van der Waals surface area contributed by atoms with Crippen LogP contribution in [0.3, 0.4) is 0 Å². The maximum atomic E-state index is 12.7. The minimum absolute atomic E-state index is 0.411. The molecule has 0 saturated carbocycles. The molecule has 1 nitrogen and oxygen atoms in total. The third-order valence-electron chi connectivity index (χ3n) is 1.62. The average Bonchev–Trinajstić information content (AvgIpc) is 1.82. The van der Waals surface area contributed by atoms with Crippen molar-refractivity contribution in [1.29, 1.82) is 0 Å². The summed E-state index contributed by atoms with van der Waals surface area (Å²) >= 11 is 0. The highest BCUT2D eigenvalue weighted by atomic mass is 19.1. The van der Waals surface area contributed by atoms with Gasteiger partial charge in [-0.25, -0.2) is 8.78 Å². The van der Waals surface area contributed by atoms with E-state index < -0.39 is 11.6 Å². The van der Waals surface area contributed by atoms with Crippen LogP contribution >= 0.6 is 0 Å². The van der Waals surface area contributed by atoms with Gasteiger partial charge in [0, 0.05) is 18.2 Å². The number of quaternary nitrogens is 1. The molecule has 0 bridgehead atoms. The first-order valence-electron chi connectivity index (χ1n) is 3.68. The van der Waals surface area contributed by atoms with Crippen molar-refractivity contribution in [1.82, 2.24) is 4.48 Å². The van der Waals surface area contributed by atoms with E-state index in [1.54, 1.807) is 0 Å². The highest BCUT2D eigenvalue weighted by Crippen LogP contribution is 2.19. The van der Waals surface area contributed by atoms with Gasteiger partial charge in [-0.2, -0.15) is 0 Å². The van der Waals surface area contributed by atoms with Crippen LogP contribution in [0.1, 0.15) is 0 Å². The van der Waals surface area contributed by atoms with Gasteiger partial charge in [-0.1, -0.05) is 0 Å². The summed E-state index contributed by atoms with van der Waals surface area (Å²) in [5, 5.41) is 0. The smallest absolute Gasteiger partial charge is 0.138 e. The number of hydrogen-bond acceptors (Lipinski definition) is 0. The van der Waals surface area contributed by atoms with Gasteiger partial charge in [-0.3, -0.25) is 4.48 Å². The molecule has 3 heteroatoms. The van der Waals surface area contributed by atoms with Crippen LogP contribution in [0.2, 0.25) is 0 Å². The monoisotopic (exact) mass is 172 g/mol. The van der Waals surface area contributed by atoms with E-state index in [0.717, 1.165) is 6.07 Å². The number of benzene rings is 1. The van der Waals surface area contributed by atoms with Crippen LogP contribution in [0.4, 0.5) is 14.5 Å². The fourth-order valence-electron chi connectivity index (χ4n) is 0.927. The minimum Gasteiger partial charge on any atom is -0.298 e. The molecule has 0 aromatic heterocycles. The summed E-state index contributed by atoms with van der Waals surface area (Å²) in [6.45, 7) is 0. The number of halogens is 2. The Kier molecular flexibility index (Phi) is 2.15. The zero-order valence-electron chi connectivity index (χ0n) is 7.44. The van der Waals surface area contributed by atoms with Gasteiger partial charge in [0.2, 0.25) is 0 Å². The zero-order valence-corrected chi connectivity index (χ0v) is 7.44. The molecule has 0 radical (unpaired) electrons. The number of rotatable bonds is 1. The molecule has 0 aliphatic rings. The third-order valence-corrected chi connectivity index (χ3v) is 1.62. The SMILES string of the molecule is C[N+](C)(C)c1cc(F)cc(F)c1. The first-order valence-corrected chi connectivity index (χ1v) is 3.68. The van der Waals surface area contributed by atoms with Crippen LogP contribution in [0.15, 0.2) is 18.2 Å². The summed E-state index contributed by atoms with van der Waals surface area (Å²) in [5.41, 5.74) is 0.618. The van der Waals surface area contributed by atoms with E-state index in [1.807, 2.05) is 21.1 Å². The molecule has 0 heterocycles. The fraction of sp³-hybridized carbons (Fsp3) is 0.333. The Balaban J connectivity index is 3.18. The van der Waals surface area contributed by atoms with Crippen LogP contribution in [0.5, 0.6) is 0 Å². The second kappa shape index (κ2) is 2.83. The molecule has 12 heavy (non-hydrogen) atoms. The van der Waals surface area contributed by atoms with Crippen LogP contribution in [-0.4, -0.2) is 21.1 Å². The average molecular weight is 172 g/mol. The van der Waals surface area contributed by atoms with E-state index >= 15 is 0 Å². The Labute approximate surface area is 70.8 Å². The van der Waals surface area contributed by atoms with Gasteiger partial charge in [0.05, 0.1) is 21.1 Å². The summed E-state index contributed by atoms with van der Waals surface area (Å²) in [6, 6.07) is 3.55.